The van der Waals surface area contributed by atoms with Crippen LogP contribution >= 0.6 is 15.9 Å². The zero-order valence-electron chi connectivity index (χ0n) is 11.0. The highest BCUT2D eigenvalue weighted by Crippen LogP contribution is 2.30. The maximum absolute atomic E-state index is 13.4. The van der Waals surface area contributed by atoms with E-state index in [-0.39, 0.29) is 5.82 Å². The average Bonchev–Trinajstić information content (AvgIpc) is 2.44. The number of halogens is 2. The van der Waals surface area contributed by atoms with Crippen molar-refractivity contribution >= 4 is 27.3 Å². The van der Waals surface area contributed by atoms with Gasteiger partial charge in [-0.05, 0) is 52.7 Å². The Hall–Kier alpha value is -2.06. The van der Waals surface area contributed by atoms with E-state index in [0.717, 1.165) is 11.3 Å². The van der Waals surface area contributed by atoms with E-state index >= 15 is 0 Å². The van der Waals surface area contributed by atoms with Gasteiger partial charge in [0.2, 0.25) is 0 Å². The lowest BCUT2D eigenvalue weighted by molar-refractivity contribution is 0.415. The Labute approximate surface area is 125 Å². The van der Waals surface area contributed by atoms with E-state index in [1.54, 1.807) is 38.3 Å². The molecule has 0 fully saturated rings. The van der Waals surface area contributed by atoms with Crippen LogP contribution in [0, 0.1) is 24.1 Å². The second kappa shape index (κ2) is 5.93. The molecule has 2 aromatic carbocycles. The van der Waals surface area contributed by atoms with Gasteiger partial charge in [0.25, 0.3) is 0 Å². The largest absolute Gasteiger partial charge is 0.497 e. The molecule has 0 heterocycles. The predicted octanol–water partition coefficient (Wildman–Crippen LogP) is 4.52. The van der Waals surface area contributed by atoms with E-state index in [9.17, 15) is 4.39 Å². The second-order valence-electron chi connectivity index (χ2n) is 4.23. The number of aryl methyl sites for hydroxylation is 1. The molecule has 102 valence electrons. The number of hydrogen-bond donors (Lipinski definition) is 1. The minimum atomic E-state index is -0.320. The number of rotatable bonds is 3. The molecule has 0 saturated carbocycles. The molecule has 0 unspecified atom stereocenters. The third-order valence-corrected chi connectivity index (χ3v) is 3.49. The number of hydrogen-bond acceptors (Lipinski definition) is 3. The molecule has 0 aliphatic carbocycles. The van der Waals surface area contributed by atoms with Crippen molar-refractivity contribution in [3.63, 3.8) is 0 Å². The molecule has 0 aromatic heterocycles. The monoisotopic (exact) mass is 334 g/mol. The Morgan fingerprint density at radius 3 is 2.65 bits per heavy atom. The van der Waals surface area contributed by atoms with Gasteiger partial charge < -0.3 is 10.1 Å². The van der Waals surface area contributed by atoms with Crippen molar-refractivity contribution < 1.29 is 9.13 Å². The van der Waals surface area contributed by atoms with Gasteiger partial charge in [0, 0.05) is 11.8 Å². The van der Waals surface area contributed by atoms with Crippen molar-refractivity contribution in [2.24, 2.45) is 0 Å². The van der Waals surface area contributed by atoms with Crippen LogP contribution in [0.5, 0.6) is 5.75 Å². The van der Waals surface area contributed by atoms with E-state index in [0.29, 0.717) is 21.5 Å². The van der Waals surface area contributed by atoms with Crippen LogP contribution in [0.2, 0.25) is 0 Å². The summed E-state index contributed by atoms with van der Waals surface area (Å²) in [5.74, 6) is 0.324. The Morgan fingerprint density at radius 1 is 1.25 bits per heavy atom. The summed E-state index contributed by atoms with van der Waals surface area (Å²) >= 11 is 3.15. The first-order valence-electron chi connectivity index (χ1n) is 5.86. The number of methoxy groups -OCH3 is 1. The number of nitriles is 1. The van der Waals surface area contributed by atoms with Gasteiger partial charge in [-0.15, -0.1) is 0 Å². The van der Waals surface area contributed by atoms with Crippen LogP contribution in [0.4, 0.5) is 15.8 Å². The van der Waals surface area contributed by atoms with Crippen molar-refractivity contribution in [1.82, 2.24) is 0 Å². The molecule has 0 aliphatic rings. The highest BCUT2D eigenvalue weighted by molar-refractivity contribution is 9.10. The predicted molar refractivity (Wildman–Crippen MR) is 79.8 cm³/mol. The summed E-state index contributed by atoms with van der Waals surface area (Å²) in [4.78, 5) is 0. The third kappa shape index (κ3) is 2.91. The smallest absolute Gasteiger partial charge is 0.137 e. The fourth-order valence-electron chi connectivity index (χ4n) is 1.78. The fraction of sp³-hybridized carbons (Fsp3) is 0.133. The van der Waals surface area contributed by atoms with E-state index in [1.165, 1.54) is 6.07 Å². The fourth-order valence-corrected chi connectivity index (χ4v) is 2.12. The van der Waals surface area contributed by atoms with Crippen LogP contribution in [-0.2, 0) is 0 Å². The topological polar surface area (TPSA) is 45.0 Å². The Morgan fingerprint density at radius 2 is 2.00 bits per heavy atom. The van der Waals surface area contributed by atoms with Crippen LogP contribution in [0.15, 0.2) is 34.8 Å². The van der Waals surface area contributed by atoms with Crippen LogP contribution in [0.3, 0.4) is 0 Å². The molecule has 0 aliphatic heterocycles. The first-order valence-corrected chi connectivity index (χ1v) is 6.65. The molecule has 0 saturated heterocycles. The van der Waals surface area contributed by atoms with E-state index in [2.05, 4.69) is 27.3 Å². The van der Waals surface area contributed by atoms with Gasteiger partial charge in [-0.3, -0.25) is 0 Å². The molecule has 2 aromatic rings. The average molecular weight is 335 g/mol. The summed E-state index contributed by atoms with van der Waals surface area (Å²) in [7, 11) is 1.56. The van der Waals surface area contributed by atoms with Gasteiger partial charge in [-0.1, -0.05) is 0 Å². The highest BCUT2D eigenvalue weighted by Gasteiger charge is 2.09. The zero-order chi connectivity index (χ0) is 14.7. The Kier molecular flexibility index (Phi) is 4.26. The number of ether oxygens (including phenoxy) is 1. The number of benzene rings is 2. The molecule has 0 amide bonds. The molecule has 1 N–H and O–H groups in total. The van der Waals surface area contributed by atoms with Crippen LogP contribution in [0.1, 0.15) is 11.1 Å². The molecule has 0 radical (unpaired) electrons. The van der Waals surface area contributed by atoms with Gasteiger partial charge in [0.15, 0.2) is 0 Å². The summed E-state index contributed by atoms with van der Waals surface area (Å²) in [6.45, 7) is 1.80. The minimum absolute atomic E-state index is 0.320. The van der Waals surface area contributed by atoms with Gasteiger partial charge in [-0.2, -0.15) is 5.26 Å². The maximum Gasteiger partial charge on any atom is 0.137 e. The van der Waals surface area contributed by atoms with E-state index in [4.69, 9.17) is 10.00 Å². The number of nitrogens with one attached hydrogen (secondary N) is 1. The zero-order valence-corrected chi connectivity index (χ0v) is 12.6. The molecule has 3 nitrogen and oxygen atoms in total. The molecule has 20 heavy (non-hydrogen) atoms. The molecular formula is C15H12BrFN2O. The lowest BCUT2D eigenvalue weighted by atomic mass is 10.1. The quantitative estimate of drug-likeness (QED) is 0.897. The normalized spacial score (nSPS) is 9.95. The van der Waals surface area contributed by atoms with Gasteiger partial charge in [0.05, 0.1) is 22.8 Å². The van der Waals surface area contributed by atoms with E-state index in [1.807, 2.05) is 0 Å². The van der Waals surface area contributed by atoms with Crippen molar-refractivity contribution in [2.45, 2.75) is 6.92 Å². The summed E-state index contributed by atoms with van der Waals surface area (Å²) in [5.41, 5.74) is 2.58. The molecule has 0 bridgehead atoms. The van der Waals surface area contributed by atoms with Crippen molar-refractivity contribution in [3.05, 3.63) is 51.7 Å². The van der Waals surface area contributed by atoms with Crippen LogP contribution in [0.25, 0.3) is 0 Å². The second-order valence-corrected chi connectivity index (χ2v) is 5.08. The molecular weight excluding hydrogens is 323 g/mol. The summed E-state index contributed by atoms with van der Waals surface area (Å²) < 4.78 is 18.9. The maximum atomic E-state index is 13.4. The first-order chi connectivity index (χ1) is 9.55. The summed E-state index contributed by atoms with van der Waals surface area (Å²) in [5, 5.41) is 12.3. The summed E-state index contributed by atoms with van der Waals surface area (Å²) in [6, 6.07) is 10.3. The van der Waals surface area contributed by atoms with Crippen molar-refractivity contribution in [1.29, 1.82) is 5.26 Å². The van der Waals surface area contributed by atoms with Gasteiger partial charge >= 0.3 is 0 Å². The van der Waals surface area contributed by atoms with Crippen LogP contribution in [-0.4, -0.2) is 7.11 Å². The molecule has 0 spiro atoms. The van der Waals surface area contributed by atoms with Gasteiger partial charge in [-0.25, -0.2) is 4.39 Å². The first kappa shape index (κ1) is 14.4. The third-order valence-electron chi connectivity index (χ3n) is 2.88. The van der Waals surface area contributed by atoms with Crippen molar-refractivity contribution in [3.8, 4) is 11.8 Å². The molecule has 5 heteroatoms. The van der Waals surface area contributed by atoms with Crippen LogP contribution < -0.4 is 10.1 Å². The van der Waals surface area contributed by atoms with Crippen molar-refractivity contribution in [2.75, 3.05) is 12.4 Å². The standard InChI is InChI=1S/C15H12BrFN2O/c1-9-5-13(17)12(16)7-14(9)19-15-6-11(20-2)4-3-10(15)8-18/h3-7,19H,1-2H3. The SMILES string of the molecule is COc1ccc(C#N)c(Nc2cc(Br)c(F)cc2C)c1. The molecule has 0 atom stereocenters. The minimum Gasteiger partial charge on any atom is -0.497 e. The van der Waals surface area contributed by atoms with Gasteiger partial charge in [0.1, 0.15) is 17.6 Å². The highest BCUT2D eigenvalue weighted by atomic mass is 79.9. The van der Waals surface area contributed by atoms with E-state index < -0.39 is 0 Å². The summed E-state index contributed by atoms with van der Waals surface area (Å²) in [6.07, 6.45) is 0. The Bertz CT molecular complexity index is 695. The Balaban J connectivity index is 2.44. The number of anilines is 2. The number of nitrogens with zero attached hydrogens (tertiary/aromatic N) is 1. The lowest BCUT2D eigenvalue weighted by Crippen LogP contribution is -1.98. The molecule has 2 rings (SSSR count). The lowest BCUT2D eigenvalue weighted by Gasteiger charge is -2.13.